The van der Waals surface area contributed by atoms with Gasteiger partial charge in [0.05, 0.1) is 18.8 Å². The van der Waals surface area contributed by atoms with Gasteiger partial charge in [0.15, 0.2) is 0 Å². The van der Waals surface area contributed by atoms with E-state index in [1.165, 1.54) is 0 Å². The second-order valence-electron chi connectivity index (χ2n) is 6.85. The Morgan fingerprint density at radius 2 is 2.23 bits per heavy atom. The molecule has 0 aliphatic carbocycles. The summed E-state index contributed by atoms with van der Waals surface area (Å²) in [6.45, 7) is 3.70. The third-order valence-corrected chi connectivity index (χ3v) is 4.57. The van der Waals surface area contributed by atoms with Gasteiger partial charge in [0, 0.05) is 50.8 Å². The number of aryl methyl sites for hydroxylation is 2. The first kappa shape index (κ1) is 18.3. The van der Waals surface area contributed by atoms with E-state index in [1.807, 2.05) is 56.4 Å². The molecule has 2 aromatic rings. The zero-order valence-corrected chi connectivity index (χ0v) is 15.7. The molecule has 0 N–H and O–H groups in total. The van der Waals surface area contributed by atoms with Crippen LogP contribution in [-0.4, -0.2) is 54.6 Å². The molecule has 138 valence electrons. The standard InChI is InChI=1S/C20H26N4O2/c1-15-11-17(23(2)3)12-18(22-15)19-14-24(9-10-26-19)20(25)7-6-16-5-4-8-21-13-16/h4-5,8,11-13,19H,6-7,9-10,14H2,1-3H3/t19-/m0/s1. The maximum absolute atomic E-state index is 12.6. The second-order valence-corrected chi connectivity index (χ2v) is 6.85. The first-order valence-electron chi connectivity index (χ1n) is 8.97. The Morgan fingerprint density at radius 1 is 1.38 bits per heavy atom. The van der Waals surface area contributed by atoms with Gasteiger partial charge in [0.2, 0.25) is 5.91 Å². The fourth-order valence-electron chi connectivity index (χ4n) is 3.11. The molecule has 0 spiro atoms. The van der Waals surface area contributed by atoms with Crippen molar-refractivity contribution >= 4 is 11.6 Å². The number of rotatable bonds is 5. The maximum Gasteiger partial charge on any atom is 0.223 e. The molecule has 26 heavy (non-hydrogen) atoms. The molecule has 0 unspecified atom stereocenters. The Balaban J connectivity index is 1.64. The van der Waals surface area contributed by atoms with Crippen molar-refractivity contribution in [3.8, 4) is 0 Å². The van der Waals surface area contributed by atoms with Crippen LogP contribution in [0.5, 0.6) is 0 Å². The van der Waals surface area contributed by atoms with Gasteiger partial charge >= 0.3 is 0 Å². The number of aromatic nitrogens is 2. The zero-order chi connectivity index (χ0) is 18.5. The number of carbonyl (C=O) groups is 1. The molecule has 0 radical (unpaired) electrons. The lowest BCUT2D eigenvalue weighted by molar-refractivity contribution is -0.139. The monoisotopic (exact) mass is 354 g/mol. The molecule has 1 saturated heterocycles. The van der Waals surface area contributed by atoms with Crippen LogP contribution >= 0.6 is 0 Å². The molecular weight excluding hydrogens is 328 g/mol. The summed E-state index contributed by atoms with van der Waals surface area (Å²) in [5.41, 5.74) is 4.02. The number of carbonyl (C=O) groups excluding carboxylic acids is 1. The van der Waals surface area contributed by atoms with Gasteiger partial charge < -0.3 is 14.5 Å². The SMILES string of the molecule is Cc1cc(N(C)C)cc([C@@H]2CN(C(=O)CCc3cccnc3)CCO2)n1. The van der Waals surface area contributed by atoms with Crippen molar-refractivity contribution in [2.45, 2.75) is 25.9 Å². The third-order valence-electron chi connectivity index (χ3n) is 4.57. The van der Waals surface area contributed by atoms with Gasteiger partial charge in [-0.1, -0.05) is 6.07 Å². The van der Waals surface area contributed by atoms with Gasteiger partial charge in [-0.3, -0.25) is 14.8 Å². The average Bonchev–Trinajstić information content (AvgIpc) is 2.66. The van der Waals surface area contributed by atoms with E-state index in [-0.39, 0.29) is 12.0 Å². The highest BCUT2D eigenvalue weighted by atomic mass is 16.5. The van der Waals surface area contributed by atoms with E-state index in [9.17, 15) is 4.79 Å². The van der Waals surface area contributed by atoms with Crippen LogP contribution in [0, 0.1) is 6.92 Å². The number of hydrogen-bond acceptors (Lipinski definition) is 5. The lowest BCUT2D eigenvalue weighted by atomic mass is 10.1. The van der Waals surface area contributed by atoms with Crippen LogP contribution in [0.15, 0.2) is 36.7 Å². The van der Waals surface area contributed by atoms with Crippen LogP contribution in [-0.2, 0) is 16.0 Å². The van der Waals surface area contributed by atoms with Crippen LogP contribution in [0.4, 0.5) is 5.69 Å². The minimum absolute atomic E-state index is 0.155. The van der Waals surface area contributed by atoms with Crippen LogP contribution in [0.25, 0.3) is 0 Å². The highest BCUT2D eigenvalue weighted by molar-refractivity contribution is 5.76. The summed E-state index contributed by atoms with van der Waals surface area (Å²) in [5.74, 6) is 0.155. The summed E-state index contributed by atoms with van der Waals surface area (Å²) in [4.78, 5) is 25.3. The predicted molar refractivity (Wildman–Crippen MR) is 101 cm³/mol. The number of anilines is 1. The van der Waals surface area contributed by atoms with Crippen LogP contribution < -0.4 is 4.90 Å². The maximum atomic E-state index is 12.6. The lowest BCUT2D eigenvalue weighted by Crippen LogP contribution is -2.42. The van der Waals surface area contributed by atoms with Crippen molar-refractivity contribution in [2.75, 3.05) is 38.7 Å². The number of amides is 1. The summed E-state index contributed by atoms with van der Waals surface area (Å²) in [6, 6.07) is 7.99. The van der Waals surface area contributed by atoms with E-state index in [0.29, 0.717) is 32.5 Å². The van der Waals surface area contributed by atoms with Crippen molar-refractivity contribution in [1.82, 2.24) is 14.9 Å². The quantitative estimate of drug-likeness (QED) is 0.825. The van der Waals surface area contributed by atoms with Gasteiger partial charge in [0.1, 0.15) is 6.10 Å². The molecule has 2 aromatic heterocycles. The summed E-state index contributed by atoms with van der Waals surface area (Å²) in [7, 11) is 4.02. The number of hydrogen-bond donors (Lipinski definition) is 0. The Labute approximate surface area is 154 Å². The molecule has 3 rings (SSSR count). The average molecular weight is 354 g/mol. The summed E-state index contributed by atoms with van der Waals surface area (Å²) < 4.78 is 5.91. The molecule has 1 amide bonds. The number of pyridine rings is 2. The van der Waals surface area contributed by atoms with Gasteiger partial charge in [-0.15, -0.1) is 0 Å². The normalized spacial score (nSPS) is 17.2. The number of nitrogens with zero attached hydrogens (tertiary/aromatic N) is 4. The summed E-state index contributed by atoms with van der Waals surface area (Å²) in [6.07, 6.45) is 4.58. The van der Waals surface area contributed by atoms with Gasteiger partial charge in [0.25, 0.3) is 0 Å². The minimum atomic E-state index is -0.176. The largest absolute Gasteiger partial charge is 0.378 e. The third kappa shape index (κ3) is 4.58. The molecule has 1 atom stereocenters. The summed E-state index contributed by atoms with van der Waals surface area (Å²) >= 11 is 0. The molecular formula is C20H26N4O2. The van der Waals surface area contributed by atoms with Gasteiger partial charge in [-0.05, 0) is 37.1 Å². The van der Waals surface area contributed by atoms with Crippen molar-refractivity contribution in [3.05, 3.63) is 53.6 Å². The highest BCUT2D eigenvalue weighted by Crippen LogP contribution is 2.25. The Hall–Kier alpha value is -2.47. The molecule has 0 aromatic carbocycles. The molecule has 6 heteroatoms. The van der Waals surface area contributed by atoms with Crippen molar-refractivity contribution < 1.29 is 9.53 Å². The number of morpholine rings is 1. The zero-order valence-electron chi connectivity index (χ0n) is 15.7. The van der Waals surface area contributed by atoms with E-state index >= 15 is 0 Å². The first-order valence-corrected chi connectivity index (χ1v) is 8.97. The lowest BCUT2D eigenvalue weighted by Gasteiger charge is -2.33. The molecule has 0 bridgehead atoms. The van der Waals surface area contributed by atoms with Crippen LogP contribution in [0.3, 0.4) is 0 Å². The van der Waals surface area contributed by atoms with Crippen molar-refractivity contribution in [3.63, 3.8) is 0 Å². The van der Waals surface area contributed by atoms with E-state index < -0.39 is 0 Å². The van der Waals surface area contributed by atoms with E-state index in [2.05, 4.69) is 14.9 Å². The summed E-state index contributed by atoms with van der Waals surface area (Å²) in [5, 5.41) is 0. The fourth-order valence-corrected chi connectivity index (χ4v) is 3.11. The first-order chi connectivity index (χ1) is 12.5. The molecule has 6 nitrogen and oxygen atoms in total. The Morgan fingerprint density at radius 3 is 2.96 bits per heavy atom. The molecule has 3 heterocycles. The smallest absolute Gasteiger partial charge is 0.223 e. The van der Waals surface area contributed by atoms with Crippen LogP contribution in [0.1, 0.15) is 29.5 Å². The van der Waals surface area contributed by atoms with E-state index in [0.717, 1.165) is 22.6 Å². The van der Waals surface area contributed by atoms with Crippen molar-refractivity contribution in [1.29, 1.82) is 0 Å². The van der Waals surface area contributed by atoms with Gasteiger partial charge in [-0.25, -0.2) is 0 Å². The topological polar surface area (TPSA) is 58.6 Å². The Kier molecular flexibility index (Phi) is 5.83. The van der Waals surface area contributed by atoms with Gasteiger partial charge in [-0.2, -0.15) is 0 Å². The molecule has 1 fully saturated rings. The van der Waals surface area contributed by atoms with E-state index in [1.54, 1.807) is 6.20 Å². The Bertz CT molecular complexity index is 749. The molecule has 1 aliphatic heterocycles. The van der Waals surface area contributed by atoms with Crippen LogP contribution in [0.2, 0.25) is 0 Å². The van der Waals surface area contributed by atoms with E-state index in [4.69, 9.17) is 4.74 Å². The molecule has 1 aliphatic rings. The minimum Gasteiger partial charge on any atom is -0.378 e. The second kappa shape index (κ2) is 8.27. The number of ether oxygens (including phenoxy) is 1. The fraction of sp³-hybridized carbons (Fsp3) is 0.450. The molecule has 0 saturated carbocycles. The predicted octanol–water partition coefficient (Wildman–Crippen LogP) is 2.38. The highest BCUT2D eigenvalue weighted by Gasteiger charge is 2.26. The van der Waals surface area contributed by atoms with Crippen molar-refractivity contribution in [2.24, 2.45) is 0 Å².